The van der Waals surface area contributed by atoms with E-state index in [1.165, 1.54) is 0 Å². The normalized spacial score (nSPS) is 22.7. The summed E-state index contributed by atoms with van der Waals surface area (Å²) in [6, 6.07) is 7.63. The van der Waals surface area contributed by atoms with Gasteiger partial charge in [-0.3, -0.25) is 9.59 Å². The predicted octanol–water partition coefficient (Wildman–Crippen LogP) is 3.05. The molecule has 1 heterocycles. The molecule has 1 fully saturated rings. The topological polar surface area (TPSA) is 70.6 Å². The van der Waals surface area contributed by atoms with Crippen LogP contribution in [0.4, 0.5) is 5.69 Å². The third-order valence-corrected chi connectivity index (χ3v) is 6.21. The number of hydrogen-bond donors (Lipinski definition) is 2. The lowest BCUT2D eigenvalue weighted by Gasteiger charge is -2.23. The first-order valence-corrected chi connectivity index (χ1v) is 8.76. The molecule has 6 heteroatoms. The van der Waals surface area contributed by atoms with Gasteiger partial charge in [0.2, 0.25) is 11.8 Å². The molecule has 23 heavy (non-hydrogen) atoms. The van der Waals surface area contributed by atoms with E-state index in [1.807, 2.05) is 38.1 Å². The molecule has 122 valence electrons. The molecule has 0 bridgehead atoms. The highest BCUT2D eigenvalue weighted by atomic mass is 79.9. The number of amides is 2. The molecule has 2 aliphatic rings. The van der Waals surface area contributed by atoms with Crippen molar-refractivity contribution < 1.29 is 9.59 Å². The number of carbonyl (C=O) groups is 2. The summed E-state index contributed by atoms with van der Waals surface area (Å²) in [6.07, 6.45) is 2.34. The van der Waals surface area contributed by atoms with E-state index in [2.05, 4.69) is 31.8 Å². The van der Waals surface area contributed by atoms with Crippen LogP contribution in [0.5, 0.6) is 0 Å². The molecular formula is C17H20BrN3O2. The van der Waals surface area contributed by atoms with E-state index in [1.54, 1.807) is 0 Å². The molecular weight excluding hydrogens is 358 g/mol. The van der Waals surface area contributed by atoms with Gasteiger partial charge in [0.05, 0.1) is 5.71 Å². The highest BCUT2D eigenvalue weighted by Gasteiger charge is 2.49. The molecule has 1 saturated carbocycles. The predicted molar refractivity (Wildman–Crippen MR) is 93.6 cm³/mol. The second-order valence-corrected chi connectivity index (χ2v) is 7.64. The van der Waals surface area contributed by atoms with E-state index in [9.17, 15) is 9.59 Å². The van der Waals surface area contributed by atoms with E-state index in [-0.39, 0.29) is 23.7 Å². The molecule has 0 spiro atoms. The number of carbonyl (C=O) groups excluding carboxylic acids is 2. The van der Waals surface area contributed by atoms with Crippen LogP contribution in [-0.2, 0) is 9.59 Å². The highest BCUT2D eigenvalue weighted by molar-refractivity contribution is 9.10. The lowest BCUT2D eigenvalue weighted by Crippen LogP contribution is -2.36. The first-order chi connectivity index (χ1) is 11.0. The number of anilines is 1. The van der Waals surface area contributed by atoms with Crippen molar-refractivity contribution >= 4 is 39.1 Å². The van der Waals surface area contributed by atoms with Crippen molar-refractivity contribution in [3.8, 4) is 0 Å². The molecule has 1 aliphatic carbocycles. The number of hydrogen-bond acceptors (Lipinski definition) is 3. The number of fused-ring (bicyclic) bond motifs is 1. The number of nitrogens with zero attached hydrogens (tertiary/aromatic N) is 1. The molecule has 1 aromatic carbocycles. The summed E-state index contributed by atoms with van der Waals surface area (Å²) in [5, 5.41) is 7.13. The molecule has 0 aromatic heterocycles. The van der Waals surface area contributed by atoms with Crippen LogP contribution in [0.2, 0.25) is 0 Å². The minimum absolute atomic E-state index is 0.0235. The van der Waals surface area contributed by atoms with Gasteiger partial charge in [-0.15, -0.1) is 0 Å². The number of benzene rings is 1. The Morgan fingerprint density at radius 1 is 1.30 bits per heavy atom. The van der Waals surface area contributed by atoms with Crippen LogP contribution < -0.4 is 10.7 Å². The fraction of sp³-hybridized carbons (Fsp3) is 0.471. The molecule has 5 nitrogen and oxygen atoms in total. The van der Waals surface area contributed by atoms with Crippen LogP contribution in [0.25, 0.3) is 0 Å². The maximum absolute atomic E-state index is 12.3. The van der Waals surface area contributed by atoms with Crippen molar-refractivity contribution in [2.24, 2.45) is 16.9 Å². The summed E-state index contributed by atoms with van der Waals surface area (Å²) >= 11 is 3.53. The Labute approximate surface area is 144 Å². The molecule has 0 saturated heterocycles. The van der Waals surface area contributed by atoms with Crippen molar-refractivity contribution in [1.29, 1.82) is 0 Å². The number of nitrogens with one attached hydrogen (secondary N) is 2. The van der Waals surface area contributed by atoms with Crippen molar-refractivity contribution in [3.63, 3.8) is 0 Å². The average molecular weight is 378 g/mol. The smallest absolute Gasteiger partial charge is 0.243 e. The first kappa shape index (κ1) is 16.2. The Kier molecular flexibility index (Phi) is 4.27. The zero-order chi connectivity index (χ0) is 16.6. The maximum atomic E-state index is 12.3. The average Bonchev–Trinajstić information content (AvgIpc) is 3.37. The highest BCUT2D eigenvalue weighted by Crippen LogP contribution is 2.43. The van der Waals surface area contributed by atoms with Gasteiger partial charge < -0.3 is 5.32 Å². The van der Waals surface area contributed by atoms with Crippen LogP contribution in [0, 0.1) is 11.8 Å². The maximum Gasteiger partial charge on any atom is 0.243 e. The van der Waals surface area contributed by atoms with Crippen molar-refractivity contribution in [3.05, 3.63) is 29.8 Å². The molecule has 2 atom stereocenters. The van der Waals surface area contributed by atoms with Gasteiger partial charge in [0.25, 0.3) is 0 Å². The van der Waals surface area contributed by atoms with Crippen molar-refractivity contribution in [1.82, 2.24) is 5.43 Å². The molecule has 2 N–H and O–H groups in total. The summed E-state index contributed by atoms with van der Waals surface area (Å²) in [7, 11) is 0. The van der Waals surface area contributed by atoms with Crippen molar-refractivity contribution in [2.75, 3.05) is 5.32 Å². The lowest BCUT2D eigenvalue weighted by molar-refractivity contribution is -0.122. The molecule has 0 radical (unpaired) electrons. The van der Waals surface area contributed by atoms with Gasteiger partial charge in [-0.25, -0.2) is 5.43 Å². The summed E-state index contributed by atoms with van der Waals surface area (Å²) in [5.74, 6) is 0.333. The van der Waals surface area contributed by atoms with Crippen molar-refractivity contribution in [2.45, 2.75) is 37.4 Å². The molecule has 2 amide bonds. The van der Waals surface area contributed by atoms with Crippen LogP contribution >= 0.6 is 15.9 Å². The SMILES string of the molecule is CCC(Br)(CC)C(=O)Nc1ccc(C2=NNC(=O)C3CC23)cc1. The molecule has 1 aliphatic heterocycles. The van der Waals surface area contributed by atoms with Gasteiger partial charge in [0.15, 0.2) is 0 Å². The standard InChI is InChI=1S/C17H20BrN3O2/c1-3-17(18,4-2)16(23)19-11-7-5-10(6-8-11)14-12-9-13(12)15(22)21-20-14/h5-8,12-13H,3-4,9H2,1-2H3,(H,19,23)(H,21,22). The van der Waals surface area contributed by atoms with Gasteiger partial charge in [0, 0.05) is 17.5 Å². The van der Waals surface area contributed by atoms with Gasteiger partial charge in [0.1, 0.15) is 4.32 Å². The van der Waals surface area contributed by atoms with Crippen LogP contribution in [-0.4, -0.2) is 21.9 Å². The Hall–Kier alpha value is -1.69. The third-order valence-electron chi connectivity index (χ3n) is 4.73. The van der Waals surface area contributed by atoms with E-state index < -0.39 is 4.32 Å². The first-order valence-electron chi connectivity index (χ1n) is 7.96. The molecule has 1 aromatic rings. The Balaban J connectivity index is 1.71. The quantitative estimate of drug-likeness (QED) is 0.774. The van der Waals surface area contributed by atoms with E-state index in [0.717, 1.165) is 36.2 Å². The number of halogens is 1. The summed E-state index contributed by atoms with van der Waals surface area (Å²) < 4.78 is -0.523. The third kappa shape index (κ3) is 3.04. The number of hydrazone groups is 1. The van der Waals surface area contributed by atoms with Crippen LogP contribution in [0.15, 0.2) is 29.4 Å². The summed E-state index contributed by atoms with van der Waals surface area (Å²) in [6.45, 7) is 3.98. The number of alkyl halides is 1. The van der Waals surface area contributed by atoms with Gasteiger partial charge >= 0.3 is 0 Å². The lowest BCUT2D eigenvalue weighted by atomic mass is 10.0. The second kappa shape index (κ2) is 6.07. The van der Waals surface area contributed by atoms with Gasteiger partial charge in [-0.2, -0.15) is 5.10 Å². The minimum Gasteiger partial charge on any atom is -0.325 e. The van der Waals surface area contributed by atoms with Crippen LogP contribution in [0.3, 0.4) is 0 Å². The second-order valence-electron chi connectivity index (χ2n) is 6.13. The summed E-state index contributed by atoms with van der Waals surface area (Å²) in [5.41, 5.74) is 5.27. The zero-order valence-corrected chi connectivity index (χ0v) is 14.8. The van der Waals surface area contributed by atoms with E-state index in [0.29, 0.717) is 0 Å². The molecule has 3 rings (SSSR count). The fourth-order valence-corrected chi connectivity index (χ4v) is 2.98. The number of rotatable bonds is 5. The van der Waals surface area contributed by atoms with E-state index in [4.69, 9.17) is 0 Å². The van der Waals surface area contributed by atoms with E-state index >= 15 is 0 Å². The Bertz CT molecular complexity index is 665. The Morgan fingerprint density at radius 3 is 2.57 bits per heavy atom. The summed E-state index contributed by atoms with van der Waals surface area (Å²) in [4.78, 5) is 23.8. The zero-order valence-electron chi connectivity index (χ0n) is 13.2. The minimum atomic E-state index is -0.523. The van der Waals surface area contributed by atoms with Crippen LogP contribution in [0.1, 0.15) is 38.7 Å². The van der Waals surface area contributed by atoms with Gasteiger partial charge in [-0.05, 0) is 37.0 Å². The largest absolute Gasteiger partial charge is 0.325 e. The van der Waals surface area contributed by atoms with Gasteiger partial charge in [-0.1, -0.05) is 41.9 Å². The molecule has 2 unspecified atom stereocenters. The monoisotopic (exact) mass is 377 g/mol. The Morgan fingerprint density at radius 2 is 1.96 bits per heavy atom. The fourth-order valence-electron chi connectivity index (χ4n) is 2.89.